The first-order chi connectivity index (χ1) is 9.20. The van der Waals surface area contributed by atoms with Crippen molar-refractivity contribution in [1.29, 1.82) is 5.26 Å². The molecule has 0 atom stereocenters. The highest BCUT2D eigenvalue weighted by Gasteiger charge is 2.10. The minimum Gasteiger partial charge on any atom is -0.456 e. The maximum atomic E-state index is 11.7. The Balaban J connectivity index is 2.05. The highest BCUT2D eigenvalue weighted by Crippen LogP contribution is 2.08. The first-order valence-corrected chi connectivity index (χ1v) is 5.43. The molecule has 0 bridgehead atoms. The van der Waals surface area contributed by atoms with Crippen molar-refractivity contribution in [3.63, 3.8) is 0 Å². The summed E-state index contributed by atoms with van der Waals surface area (Å²) in [4.78, 5) is 19.4. The van der Waals surface area contributed by atoms with Gasteiger partial charge in [0.05, 0.1) is 11.9 Å². The first kappa shape index (κ1) is 12.5. The van der Waals surface area contributed by atoms with Gasteiger partial charge in [-0.2, -0.15) is 5.26 Å². The summed E-state index contributed by atoms with van der Waals surface area (Å²) in [5, 5.41) is 8.85. The number of carbonyl (C=O) groups is 1. The predicted molar refractivity (Wildman–Crippen MR) is 66.7 cm³/mol. The second-order valence-electron chi connectivity index (χ2n) is 3.68. The number of aromatic nitrogens is 2. The van der Waals surface area contributed by atoms with Gasteiger partial charge in [0.1, 0.15) is 24.1 Å². The summed E-state index contributed by atoms with van der Waals surface area (Å²) in [7, 11) is 0. The van der Waals surface area contributed by atoms with E-state index in [1.54, 1.807) is 18.2 Å². The Labute approximate surface area is 109 Å². The summed E-state index contributed by atoms with van der Waals surface area (Å²) in [6.07, 6.45) is 2.88. The fourth-order valence-electron chi connectivity index (χ4n) is 1.40. The molecule has 0 amide bonds. The lowest BCUT2D eigenvalue weighted by Gasteiger charge is -2.05. The minimum absolute atomic E-state index is 0.0262. The molecule has 19 heavy (non-hydrogen) atoms. The lowest BCUT2D eigenvalue weighted by molar-refractivity contribution is 0.0465. The Morgan fingerprint density at radius 3 is 2.89 bits per heavy atom. The zero-order valence-electron chi connectivity index (χ0n) is 9.91. The molecule has 0 saturated heterocycles. The van der Waals surface area contributed by atoms with Crippen LogP contribution in [0, 0.1) is 11.3 Å². The highest BCUT2D eigenvalue weighted by atomic mass is 16.5. The number of anilines is 1. The quantitative estimate of drug-likeness (QED) is 0.828. The van der Waals surface area contributed by atoms with Gasteiger partial charge in [0.25, 0.3) is 0 Å². The van der Waals surface area contributed by atoms with Crippen LogP contribution in [0.1, 0.15) is 21.7 Å². The van der Waals surface area contributed by atoms with Gasteiger partial charge in [0.2, 0.25) is 0 Å². The van der Waals surface area contributed by atoms with Crippen molar-refractivity contribution in [2.45, 2.75) is 6.61 Å². The molecule has 0 aliphatic heterocycles. The lowest BCUT2D eigenvalue weighted by Crippen LogP contribution is -2.08. The van der Waals surface area contributed by atoms with Crippen LogP contribution in [0.2, 0.25) is 0 Å². The molecule has 2 aromatic rings. The molecule has 0 radical (unpaired) electrons. The Hall–Kier alpha value is -2.94. The molecule has 6 heteroatoms. The average Bonchev–Trinajstić information content (AvgIpc) is 2.45. The van der Waals surface area contributed by atoms with E-state index in [2.05, 4.69) is 9.97 Å². The van der Waals surface area contributed by atoms with E-state index in [-0.39, 0.29) is 18.0 Å². The number of pyridine rings is 2. The maximum absolute atomic E-state index is 11.7. The van der Waals surface area contributed by atoms with Crippen LogP contribution in [0.15, 0.2) is 36.7 Å². The van der Waals surface area contributed by atoms with Crippen molar-refractivity contribution in [2.24, 2.45) is 0 Å². The molecular weight excluding hydrogens is 244 g/mol. The molecule has 2 heterocycles. The Morgan fingerprint density at radius 1 is 1.37 bits per heavy atom. The van der Waals surface area contributed by atoms with Crippen molar-refractivity contribution < 1.29 is 9.53 Å². The van der Waals surface area contributed by atoms with Gasteiger partial charge in [0.15, 0.2) is 0 Å². The van der Waals surface area contributed by atoms with Crippen molar-refractivity contribution in [3.8, 4) is 6.07 Å². The zero-order chi connectivity index (χ0) is 13.7. The third kappa shape index (κ3) is 3.04. The molecule has 0 fully saturated rings. The van der Waals surface area contributed by atoms with Crippen molar-refractivity contribution in [1.82, 2.24) is 9.97 Å². The number of esters is 1. The van der Waals surface area contributed by atoms with E-state index in [0.29, 0.717) is 11.3 Å². The van der Waals surface area contributed by atoms with Gasteiger partial charge in [0, 0.05) is 11.8 Å². The predicted octanol–water partition coefficient (Wildman–Crippen LogP) is 1.29. The third-order valence-electron chi connectivity index (χ3n) is 2.35. The summed E-state index contributed by atoms with van der Waals surface area (Å²) in [5.41, 5.74) is 6.89. The Kier molecular flexibility index (Phi) is 3.69. The molecule has 0 aliphatic carbocycles. The second kappa shape index (κ2) is 5.60. The van der Waals surface area contributed by atoms with E-state index in [0.717, 1.165) is 0 Å². The van der Waals surface area contributed by atoms with Crippen LogP contribution < -0.4 is 5.73 Å². The molecule has 2 aromatic heterocycles. The molecule has 0 spiro atoms. The van der Waals surface area contributed by atoms with Crippen LogP contribution in [0.5, 0.6) is 0 Å². The van der Waals surface area contributed by atoms with Crippen molar-refractivity contribution >= 4 is 11.7 Å². The van der Waals surface area contributed by atoms with E-state index < -0.39 is 5.97 Å². The smallest absolute Gasteiger partial charge is 0.357 e. The third-order valence-corrected chi connectivity index (χ3v) is 2.35. The van der Waals surface area contributed by atoms with Gasteiger partial charge in [-0.25, -0.2) is 14.8 Å². The standard InChI is InChI=1S/C13H10N4O2/c14-6-12-9(2-1-5-16-12)8-19-13(18)11-4-3-10(15)7-17-11/h1-5,7H,8,15H2. The lowest BCUT2D eigenvalue weighted by atomic mass is 10.2. The van der Waals surface area contributed by atoms with Gasteiger partial charge in [-0.3, -0.25) is 0 Å². The fourth-order valence-corrected chi connectivity index (χ4v) is 1.40. The monoisotopic (exact) mass is 254 g/mol. The van der Waals surface area contributed by atoms with Crippen LogP contribution >= 0.6 is 0 Å². The largest absolute Gasteiger partial charge is 0.456 e. The first-order valence-electron chi connectivity index (χ1n) is 5.43. The van der Waals surface area contributed by atoms with Crippen molar-refractivity contribution in [3.05, 3.63) is 53.6 Å². The molecule has 2 N–H and O–H groups in total. The summed E-state index contributed by atoms with van der Waals surface area (Å²) in [6.45, 7) is -0.0262. The maximum Gasteiger partial charge on any atom is 0.357 e. The normalized spacial score (nSPS) is 9.63. The van der Waals surface area contributed by atoms with Crippen LogP contribution in [0.4, 0.5) is 5.69 Å². The average molecular weight is 254 g/mol. The zero-order valence-corrected chi connectivity index (χ0v) is 9.91. The number of carbonyl (C=O) groups excluding carboxylic acids is 1. The topological polar surface area (TPSA) is 102 Å². The molecule has 2 rings (SSSR count). The van der Waals surface area contributed by atoms with Gasteiger partial charge in [-0.05, 0) is 18.2 Å². The second-order valence-corrected chi connectivity index (χ2v) is 3.68. The number of rotatable bonds is 3. The van der Waals surface area contributed by atoms with Crippen LogP contribution in [0.3, 0.4) is 0 Å². The number of nitrogens with zero attached hydrogens (tertiary/aromatic N) is 3. The van der Waals surface area contributed by atoms with Gasteiger partial charge >= 0.3 is 5.97 Å². The highest BCUT2D eigenvalue weighted by molar-refractivity contribution is 5.87. The SMILES string of the molecule is N#Cc1ncccc1COC(=O)c1ccc(N)cn1. The molecule has 94 valence electrons. The number of hydrogen-bond donors (Lipinski definition) is 1. The van der Waals surface area contributed by atoms with Crippen LogP contribution in [0.25, 0.3) is 0 Å². The molecule has 0 aliphatic rings. The minimum atomic E-state index is -0.576. The van der Waals surface area contributed by atoms with Gasteiger partial charge < -0.3 is 10.5 Å². The van der Waals surface area contributed by atoms with Crippen molar-refractivity contribution in [2.75, 3.05) is 5.73 Å². The van der Waals surface area contributed by atoms with Gasteiger partial charge in [-0.15, -0.1) is 0 Å². The fraction of sp³-hybridized carbons (Fsp3) is 0.0769. The molecule has 0 aromatic carbocycles. The van der Waals surface area contributed by atoms with E-state index in [4.69, 9.17) is 15.7 Å². The number of nitrogens with two attached hydrogens (primary N) is 1. The number of hydrogen-bond acceptors (Lipinski definition) is 6. The van der Waals surface area contributed by atoms with E-state index in [1.807, 2.05) is 6.07 Å². The van der Waals surface area contributed by atoms with E-state index >= 15 is 0 Å². The van der Waals surface area contributed by atoms with E-state index in [1.165, 1.54) is 18.5 Å². The summed E-state index contributed by atoms with van der Waals surface area (Å²) >= 11 is 0. The number of nitrogen functional groups attached to an aromatic ring is 1. The molecule has 6 nitrogen and oxygen atoms in total. The Morgan fingerprint density at radius 2 is 2.21 bits per heavy atom. The molecule has 0 unspecified atom stereocenters. The summed E-state index contributed by atoms with van der Waals surface area (Å²) in [6, 6.07) is 8.32. The number of nitriles is 1. The summed E-state index contributed by atoms with van der Waals surface area (Å²) in [5.74, 6) is -0.576. The molecular formula is C13H10N4O2. The molecule has 0 saturated carbocycles. The van der Waals surface area contributed by atoms with E-state index in [9.17, 15) is 4.79 Å². The van der Waals surface area contributed by atoms with Crippen LogP contribution in [-0.4, -0.2) is 15.9 Å². The Bertz CT molecular complexity index is 632. The van der Waals surface area contributed by atoms with Gasteiger partial charge in [-0.1, -0.05) is 6.07 Å². The number of ether oxygens (including phenoxy) is 1. The summed E-state index contributed by atoms with van der Waals surface area (Å²) < 4.78 is 5.06. The van der Waals surface area contributed by atoms with Crippen LogP contribution in [-0.2, 0) is 11.3 Å².